The van der Waals surface area contributed by atoms with Crippen molar-refractivity contribution >= 4 is 27.6 Å². The van der Waals surface area contributed by atoms with Crippen molar-refractivity contribution in [1.82, 2.24) is 0 Å². The number of esters is 1. The zero-order valence-corrected chi connectivity index (χ0v) is 15.6. The number of nitrogens with zero attached hydrogens (tertiary/aromatic N) is 1. The number of ether oxygens (including phenoxy) is 2. The van der Waals surface area contributed by atoms with Gasteiger partial charge in [0.25, 0.3) is 5.69 Å². The minimum Gasteiger partial charge on any atom is -0.493 e. The first-order valence-electron chi connectivity index (χ1n) is 8.56. The molecule has 1 aromatic rings. The molecule has 0 saturated heterocycles. The van der Waals surface area contributed by atoms with Crippen LogP contribution in [0.15, 0.2) is 18.2 Å². The van der Waals surface area contributed by atoms with Gasteiger partial charge in [-0.1, -0.05) is 15.9 Å². The van der Waals surface area contributed by atoms with Crippen LogP contribution in [0.3, 0.4) is 0 Å². The number of carbonyl (C=O) groups is 1. The highest BCUT2D eigenvalue weighted by atomic mass is 79.9. The second-order valence-electron chi connectivity index (χ2n) is 7.87. The smallest absolute Gasteiger partial charge is 0.317 e. The van der Waals surface area contributed by atoms with E-state index in [9.17, 15) is 14.9 Å². The lowest BCUT2D eigenvalue weighted by molar-refractivity contribution is -0.384. The number of rotatable bonds is 4. The molecule has 0 radical (unpaired) electrons. The number of hydrogen-bond acceptors (Lipinski definition) is 5. The highest BCUT2D eigenvalue weighted by molar-refractivity contribution is 9.10. The van der Waals surface area contributed by atoms with Crippen LogP contribution >= 0.6 is 15.9 Å². The number of carbonyl (C=O) groups excluding carboxylic acids is 1. The van der Waals surface area contributed by atoms with Crippen LogP contribution in [0.5, 0.6) is 11.5 Å². The zero-order valence-electron chi connectivity index (χ0n) is 14.0. The fourth-order valence-electron chi connectivity index (χ4n) is 5.46. The summed E-state index contributed by atoms with van der Waals surface area (Å²) in [5, 5.41) is 11.0. The highest BCUT2D eigenvalue weighted by Crippen LogP contribution is 2.64. The number of hydrogen-bond donors (Lipinski definition) is 0. The third kappa shape index (κ3) is 2.82. The second-order valence-corrected chi connectivity index (χ2v) is 9.56. The summed E-state index contributed by atoms with van der Waals surface area (Å²) in [7, 11) is 1.46. The average molecular weight is 410 g/mol. The molecule has 4 aliphatic rings. The normalized spacial score (nSPS) is 35.4. The average Bonchev–Trinajstić information content (AvgIpc) is 2.52. The predicted molar refractivity (Wildman–Crippen MR) is 94.1 cm³/mol. The number of alkyl halides is 1. The van der Waals surface area contributed by atoms with Crippen molar-refractivity contribution in [3.05, 3.63) is 28.3 Å². The van der Waals surface area contributed by atoms with Gasteiger partial charge in [0.1, 0.15) is 0 Å². The highest BCUT2D eigenvalue weighted by Gasteiger charge is 2.60. The lowest BCUT2D eigenvalue weighted by Crippen LogP contribution is -2.56. The molecular weight excluding hydrogens is 390 g/mol. The first-order chi connectivity index (χ1) is 11.8. The maximum Gasteiger partial charge on any atom is 0.317 e. The Morgan fingerprint density at radius 1 is 1.24 bits per heavy atom. The van der Waals surface area contributed by atoms with Crippen molar-refractivity contribution in [2.45, 2.75) is 42.8 Å². The Morgan fingerprint density at radius 2 is 1.92 bits per heavy atom. The van der Waals surface area contributed by atoms with Crippen LogP contribution in [0, 0.1) is 27.4 Å². The molecule has 4 aliphatic carbocycles. The molecule has 134 valence electrons. The van der Waals surface area contributed by atoms with Gasteiger partial charge in [-0.2, -0.15) is 0 Å². The van der Waals surface area contributed by atoms with Crippen molar-refractivity contribution < 1.29 is 19.2 Å². The van der Waals surface area contributed by atoms with Gasteiger partial charge in [0.15, 0.2) is 11.5 Å². The summed E-state index contributed by atoms with van der Waals surface area (Å²) in [6, 6.07) is 4.07. The summed E-state index contributed by atoms with van der Waals surface area (Å²) in [5.41, 5.74) is -0.602. The molecule has 0 N–H and O–H groups in total. The molecule has 25 heavy (non-hydrogen) atoms. The summed E-state index contributed by atoms with van der Waals surface area (Å²) < 4.78 is 10.9. The number of benzene rings is 1. The van der Waals surface area contributed by atoms with E-state index >= 15 is 0 Å². The van der Waals surface area contributed by atoms with E-state index < -0.39 is 10.3 Å². The number of nitro groups is 1. The van der Waals surface area contributed by atoms with E-state index in [1.54, 1.807) is 0 Å². The van der Waals surface area contributed by atoms with E-state index in [2.05, 4.69) is 15.9 Å². The van der Waals surface area contributed by atoms with Crippen LogP contribution in [0.2, 0.25) is 0 Å². The summed E-state index contributed by atoms with van der Waals surface area (Å²) in [4.78, 5) is 23.6. The third-order valence-electron chi connectivity index (χ3n) is 5.98. The largest absolute Gasteiger partial charge is 0.493 e. The Bertz CT molecular complexity index is 735. The SMILES string of the molecule is COc1ccc([N+](=O)[O-])cc1OC(=O)C12CC3CC(CC(Br)(C3)C1)C2. The molecule has 0 spiro atoms. The lowest BCUT2D eigenvalue weighted by Gasteiger charge is -2.58. The molecule has 0 aromatic heterocycles. The third-order valence-corrected chi connectivity index (χ3v) is 6.91. The minimum absolute atomic E-state index is 0.0445. The van der Waals surface area contributed by atoms with Gasteiger partial charge in [0, 0.05) is 10.4 Å². The van der Waals surface area contributed by atoms with Crippen LogP contribution < -0.4 is 9.47 Å². The van der Waals surface area contributed by atoms with E-state index in [-0.39, 0.29) is 21.7 Å². The number of halogens is 1. The molecule has 1 aromatic carbocycles. The maximum atomic E-state index is 13.1. The fraction of sp³-hybridized carbons (Fsp3) is 0.611. The topological polar surface area (TPSA) is 78.7 Å². The van der Waals surface area contributed by atoms with E-state index in [4.69, 9.17) is 9.47 Å². The zero-order chi connectivity index (χ0) is 17.8. The predicted octanol–water partition coefficient (Wildman–Crippen LogP) is 4.24. The molecule has 0 aliphatic heterocycles. The van der Waals surface area contributed by atoms with E-state index in [0.29, 0.717) is 17.6 Å². The Balaban J connectivity index is 1.62. The van der Waals surface area contributed by atoms with Crippen molar-refractivity contribution in [2.24, 2.45) is 17.3 Å². The fourth-order valence-corrected chi connectivity index (χ4v) is 6.91. The number of non-ortho nitro benzene ring substituents is 1. The van der Waals surface area contributed by atoms with E-state index in [1.807, 2.05) is 0 Å². The van der Waals surface area contributed by atoms with Gasteiger partial charge in [-0.25, -0.2) is 0 Å². The molecule has 2 unspecified atom stereocenters. The van der Waals surface area contributed by atoms with Crippen molar-refractivity contribution in [1.29, 1.82) is 0 Å². The summed E-state index contributed by atoms with van der Waals surface area (Å²) in [5.74, 6) is 1.29. The van der Waals surface area contributed by atoms with Gasteiger partial charge < -0.3 is 9.47 Å². The second kappa shape index (κ2) is 5.69. The van der Waals surface area contributed by atoms with Gasteiger partial charge in [-0.15, -0.1) is 0 Å². The van der Waals surface area contributed by atoms with Crippen LogP contribution in [0.4, 0.5) is 5.69 Å². The summed E-state index contributed by atoms with van der Waals surface area (Å²) in [6.45, 7) is 0. The summed E-state index contributed by atoms with van der Waals surface area (Å²) in [6.07, 6.45) is 5.93. The van der Waals surface area contributed by atoms with Gasteiger partial charge in [-0.05, 0) is 56.4 Å². The van der Waals surface area contributed by atoms with Crippen LogP contribution in [-0.2, 0) is 4.79 Å². The first-order valence-corrected chi connectivity index (χ1v) is 9.35. The lowest BCUT2D eigenvalue weighted by atomic mass is 9.49. The van der Waals surface area contributed by atoms with Crippen molar-refractivity contribution in [3.63, 3.8) is 0 Å². The molecule has 4 bridgehead atoms. The Labute approximate surface area is 154 Å². The van der Waals surface area contributed by atoms with Crippen LogP contribution in [-0.4, -0.2) is 22.3 Å². The molecule has 4 fully saturated rings. The van der Waals surface area contributed by atoms with Gasteiger partial charge in [0.2, 0.25) is 0 Å². The first kappa shape index (κ1) is 16.8. The quantitative estimate of drug-likeness (QED) is 0.244. The molecule has 7 heteroatoms. The molecule has 6 nitrogen and oxygen atoms in total. The Kier molecular flexibility index (Phi) is 3.83. The van der Waals surface area contributed by atoms with Crippen molar-refractivity contribution in [2.75, 3.05) is 7.11 Å². The molecule has 0 amide bonds. The Morgan fingerprint density at radius 3 is 2.48 bits per heavy atom. The standard InChI is InChI=1S/C18H20BrNO5/c1-24-14-3-2-13(20(22)23)5-15(14)25-16(21)17-6-11-4-12(7-17)9-18(19,8-11)10-17/h2-3,5,11-12H,4,6-10H2,1H3. The maximum absolute atomic E-state index is 13.1. The molecular formula is C18H20BrNO5. The molecule has 0 heterocycles. The minimum atomic E-state index is -0.505. The molecule has 4 saturated carbocycles. The van der Waals surface area contributed by atoms with Crippen molar-refractivity contribution in [3.8, 4) is 11.5 Å². The number of nitro benzene ring substituents is 1. The van der Waals surface area contributed by atoms with Crippen LogP contribution in [0.1, 0.15) is 38.5 Å². The van der Waals surface area contributed by atoms with Gasteiger partial charge in [-0.3, -0.25) is 14.9 Å². The van der Waals surface area contributed by atoms with Gasteiger partial charge >= 0.3 is 5.97 Å². The van der Waals surface area contributed by atoms with E-state index in [0.717, 1.165) is 32.1 Å². The molecule has 5 rings (SSSR count). The van der Waals surface area contributed by atoms with Gasteiger partial charge in [0.05, 0.1) is 23.5 Å². The molecule has 2 atom stereocenters. The number of methoxy groups -OCH3 is 1. The monoisotopic (exact) mass is 409 g/mol. The Hall–Kier alpha value is -1.63. The van der Waals surface area contributed by atoms with E-state index in [1.165, 1.54) is 31.7 Å². The van der Waals surface area contributed by atoms with Crippen LogP contribution in [0.25, 0.3) is 0 Å². The summed E-state index contributed by atoms with van der Waals surface area (Å²) >= 11 is 3.88.